The van der Waals surface area contributed by atoms with Crippen LogP contribution in [0.1, 0.15) is 0 Å². The van der Waals surface area contributed by atoms with E-state index in [0.717, 1.165) is 55.8 Å². The van der Waals surface area contributed by atoms with E-state index in [0.29, 0.717) is 0 Å². The number of benzene rings is 4. The number of imidazole rings is 2. The highest BCUT2D eigenvalue weighted by molar-refractivity contribution is 5.92. The molecule has 0 saturated carbocycles. The van der Waals surface area contributed by atoms with Crippen molar-refractivity contribution in [3.8, 4) is 33.8 Å². The van der Waals surface area contributed by atoms with E-state index in [-0.39, 0.29) is 0 Å². The average Bonchev–Trinajstić information content (AvgIpc) is 3.48. The van der Waals surface area contributed by atoms with Crippen molar-refractivity contribution in [2.75, 3.05) is 0 Å². The molecule has 2 aromatic heterocycles. The summed E-state index contributed by atoms with van der Waals surface area (Å²) in [5.74, 6) is 1.56. The summed E-state index contributed by atoms with van der Waals surface area (Å²) >= 11 is 0. The van der Waals surface area contributed by atoms with E-state index in [1.165, 1.54) is 0 Å². The molecule has 0 radical (unpaired) electrons. The molecule has 0 fully saturated rings. The number of ether oxygens (including phenoxy) is 1. The molecule has 148 valence electrons. The van der Waals surface area contributed by atoms with Crippen LogP contribution >= 0.6 is 0 Å². The molecular weight excluding hydrogens is 384 g/mol. The molecule has 5 nitrogen and oxygen atoms in total. The number of para-hydroxylation sites is 2. The van der Waals surface area contributed by atoms with Crippen LogP contribution < -0.4 is 4.74 Å². The Labute approximate surface area is 178 Å². The number of hydrogen-bond donors (Lipinski definition) is 2. The lowest BCUT2D eigenvalue weighted by molar-refractivity contribution is 0.483. The Morgan fingerprint density at radius 1 is 0.548 bits per heavy atom. The maximum atomic E-state index is 6.23. The summed E-state index contributed by atoms with van der Waals surface area (Å²) in [6.07, 6.45) is 3.44. The van der Waals surface area contributed by atoms with Crippen LogP contribution in [0.15, 0.2) is 97.6 Å². The zero-order valence-electron chi connectivity index (χ0n) is 16.5. The molecule has 6 aromatic rings. The molecule has 0 spiro atoms. The van der Waals surface area contributed by atoms with Gasteiger partial charge in [-0.05, 0) is 47.5 Å². The smallest absolute Gasteiger partial charge is 0.128 e. The largest absolute Gasteiger partial charge is 0.457 e. The average molecular weight is 402 g/mol. The molecule has 0 amide bonds. The van der Waals surface area contributed by atoms with Crippen molar-refractivity contribution in [3.05, 3.63) is 97.6 Å². The molecule has 0 aliphatic rings. The van der Waals surface area contributed by atoms with Crippen molar-refractivity contribution in [2.24, 2.45) is 0 Å². The monoisotopic (exact) mass is 402 g/mol. The molecule has 0 bridgehead atoms. The van der Waals surface area contributed by atoms with E-state index in [9.17, 15) is 0 Å². The first kappa shape index (κ1) is 17.5. The number of rotatable bonds is 4. The second kappa shape index (κ2) is 7.15. The zero-order chi connectivity index (χ0) is 20.6. The first-order valence-corrected chi connectivity index (χ1v) is 10.1. The molecule has 6 rings (SSSR count). The van der Waals surface area contributed by atoms with Crippen LogP contribution in [0.25, 0.3) is 44.3 Å². The number of H-pyrrole nitrogens is 2. The van der Waals surface area contributed by atoms with Gasteiger partial charge in [0.1, 0.15) is 11.5 Å². The topological polar surface area (TPSA) is 66.6 Å². The Morgan fingerprint density at radius 3 is 1.55 bits per heavy atom. The standard InChI is InChI=1S/C26H18N4O/c1-5-17(21-9-3-11-23-25(21)29-15-27-23)13-19(7-1)31-20-8-2-6-18(14-20)22-10-4-12-24-26(22)30-16-28-24/h1-16H,(H,27,29)(H,28,30). The quantitative estimate of drug-likeness (QED) is 0.351. The highest BCUT2D eigenvalue weighted by atomic mass is 16.5. The van der Waals surface area contributed by atoms with Gasteiger partial charge < -0.3 is 14.7 Å². The van der Waals surface area contributed by atoms with Crippen LogP contribution in [0.3, 0.4) is 0 Å². The lowest BCUT2D eigenvalue weighted by Crippen LogP contribution is -1.87. The molecule has 4 aromatic carbocycles. The van der Waals surface area contributed by atoms with Crippen LogP contribution in [-0.2, 0) is 0 Å². The van der Waals surface area contributed by atoms with Crippen molar-refractivity contribution in [1.82, 2.24) is 19.9 Å². The van der Waals surface area contributed by atoms with E-state index in [1.807, 2.05) is 60.7 Å². The van der Waals surface area contributed by atoms with Gasteiger partial charge in [-0.1, -0.05) is 48.5 Å². The predicted molar refractivity (Wildman–Crippen MR) is 123 cm³/mol. The number of aromatic nitrogens is 4. The van der Waals surface area contributed by atoms with Crippen molar-refractivity contribution >= 4 is 22.1 Å². The van der Waals surface area contributed by atoms with E-state index in [4.69, 9.17) is 4.74 Å². The Balaban J connectivity index is 1.35. The maximum Gasteiger partial charge on any atom is 0.128 e. The lowest BCUT2D eigenvalue weighted by atomic mass is 10.0. The first-order chi connectivity index (χ1) is 15.3. The van der Waals surface area contributed by atoms with Crippen LogP contribution in [0, 0.1) is 0 Å². The summed E-state index contributed by atoms with van der Waals surface area (Å²) in [7, 11) is 0. The van der Waals surface area contributed by atoms with Crippen LogP contribution in [0.2, 0.25) is 0 Å². The first-order valence-electron chi connectivity index (χ1n) is 10.1. The minimum absolute atomic E-state index is 0.778. The molecule has 2 N–H and O–H groups in total. The van der Waals surface area contributed by atoms with Crippen LogP contribution in [0.5, 0.6) is 11.5 Å². The summed E-state index contributed by atoms with van der Waals surface area (Å²) in [5.41, 5.74) is 8.21. The maximum absolute atomic E-state index is 6.23. The highest BCUT2D eigenvalue weighted by Crippen LogP contribution is 2.33. The van der Waals surface area contributed by atoms with Crippen molar-refractivity contribution in [3.63, 3.8) is 0 Å². The molecule has 2 heterocycles. The van der Waals surface area contributed by atoms with Gasteiger partial charge in [0.2, 0.25) is 0 Å². The lowest BCUT2D eigenvalue weighted by Gasteiger charge is -2.10. The number of hydrogen-bond acceptors (Lipinski definition) is 3. The number of nitrogens with one attached hydrogen (secondary N) is 2. The second-order valence-electron chi connectivity index (χ2n) is 7.37. The minimum atomic E-state index is 0.778. The molecule has 0 aliphatic heterocycles. The third-order valence-electron chi connectivity index (χ3n) is 5.43. The fourth-order valence-corrected chi connectivity index (χ4v) is 3.99. The highest BCUT2D eigenvalue weighted by Gasteiger charge is 2.09. The Kier molecular flexibility index (Phi) is 4.03. The summed E-state index contributed by atoms with van der Waals surface area (Å²) in [5, 5.41) is 0. The molecule has 31 heavy (non-hydrogen) atoms. The summed E-state index contributed by atoms with van der Waals surface area (Å²) < 4.78 is 6.23. The van der Waals surface area contributed by atoms with Gasteiger partial charge in [0.15, 0.2) is 0 Å². The van der Waals surface area contributed by atoms with E-state index < -0.39 is 0 Å². The number of aromatic amines is 2. The van der Waals surface area contributed by atoms with Gasteiger partial charge in [0.05, 0.1) is 34.7 Å². The fourth-order valence-electron chi connectivity index (χ4n) is 3.99. The van der Waals surface area contributed by atoms with E-state index in [2.05, 4.69) is 44.2 Å². The van der Waals surface area contributed by atoms with Gasteiger partial charge in [-0.25, -0.2) is 9.97 Å². The van der Waals surface area contributed by atoms with Gasteiger partial charge in [-0.3, -0.25) is 0 Å². The van der Waals surface area contributed by atoms with E-state index >= 15 is 0 Å². The third-order valence-corrected chi connectivity index (χ3v) is 5.43. The van der Waals surface area contributed by atoms with Crippen molar-refractivity contribution < 1.29 is 4.74 Å². The van der Waals surface area contributed by atoms with Crippen LogP contribution in [0.4, 0.5) is 0 Å². The second-order valence-corrected chi connectivity index (χ2v) is 7.37. The van der Waals surface area contributed by atoms with Gasteiger partial charge in [0, 0.05) is 11.1 Å². The Bertz CT molecular complexity index is 1410. The van der Waals surface area contributed by atoms with Gasteiger partial charge >= 0.3 is 0 Å². The number of nitrogens with zero attached hydrogens (tertiary/aromatic N) is 2. The van der Waals surface area contributed by atoms with Crippen LogP contribution in [-0.4, -0.2) is 19.9 Å². The van der Waals surface area contributed by atoms with Gasteiger partial charge in [0.25, 0.3) is 0 Å². The third kappa shape index (κ3) is 3.13. The molecular formula is C26H18N4O. The number of fused-ring (bicyclic) bond motifs is 2. The summed E-state index contributed by atoms with van der Waals surface area (Å²) in [6.45, 7) is 0. The van der Waals surface area contributed by atoms with Crippen molar-refractivity contribution in [2.45, 2.75) is 0 Å². The Morgan fingerprint density at radius 2 is 1.03 bits per heavy atom. The normalized spacial score (nSPS) is 11.2. The SMILES string of the molecule is c1cc(Oc2cccc(-c3cccc4[nH]cnc34)c2)cc(-c2cccc3[nH]cnc23)c1. The van der Waals surface area contributed by atoms with E-state index in [1.54, 1.807) is 12.7 Å². The van der Waals surface area contributed by atoms with Gasteiger partial charge in [-0.2, -0.15) is 0 Å². The summed E-state index contributed by atoms with van der Waals surface area (Å²) in [4.78, 5) is 15.3. The molecule has 0 atom stereocenters. The zero-order valence-corrected chi connectivity index (χ0v) is 16.5. The molecule has 5 heteroatoms. The molecule has 0 unspecified atom stereocenters. The summed E-state index contributed by atoms with van der Waals surface area (Å²) in [6, 6.07) is 28.5. The minimum Gasteiger partial charge on any atom is -0.457 e. The molecule has 0 aliphatic carbocycles. The molecule has 0 saturated heterocycles. The fraction of sp³-hybridized carbons (Fsp3) is 0. The van der Waals surface area contributed by atoms with Gasteiger partial charge in [-0.15, -0.1) is 0 Å². The Hall–Kier alpha value is -4.38. The predicted octanol–water partition coefficient (Wildman–Crippen LogP) is 6.57. The van der Waals surface area contributed by atoms with Crippen molar-refractivity contribution in [1.29, 1.82) is 0 Å².